The lowest BCUT2D eigenvalue weighted by Gasteiger charge is -2.22. The van der Waals surface area contributed by atoms with E-state index < -0.39 is 12.3 Å². The molecule has 3 unspecified atom stereocenters. The molecular weight excluding hydrogens is 793 g/mol. The van der Waals surface area contributed by atoms with Crippen LogP contribution in [0.5, 0.6) is 0 Å². The minimum Gasteiger partial charge on any atom is -0.466 e. The fourth-order valence-electron chi connectivity index (χ4n) is 8.62. The van der Waals surface area contributed by atoms with Crippen molar-refractivity contribution in [2.75, 3.05) is 40.4 Å². The molecule has 1 saturated heterocycles. The molecule has 0 aromatic rings. The Morgan fingerprint density at radius 3 is 1.57 bits per heavy atom. The second-order valence-electron chi connectivity index (χ2n) is 19.3. The average Bonchev–Trinajstić information content (AvgIpc) is 3.66. The Morgan fingerprint density at radius 2 is 1.05 bits per heavy atom. The van der Waals surface area contributed by atoms with Crippen LogP contribution < -0.4 is 0 Å². The first-order valence-corrected chi connectivity index (χ1v) is 26.9. The summed E-state index contributed by atoms with van der Waals surface area (Å²) in [4.78, 5) is 42.6. The molecule has 0 aromatic heterocycles. The third-order valence-corrected chi connectivity index (χ3v) is 13.1. The summed E-state index contributed by atoms with van der Waals surface area (Å²) in [5, 5.41) is 10.8. The molecule has 1 aliphatic rings. The fraction of sp³-hybridized carbons (Fsp3) is 0.943. The molecule has 0 bridgehead atoms. The van der Waals surface area contributed by atoms with Crippen LogP contribution in [-0.2, 0) is 33.3 Å². The third kappa shape index (κ3) is 34.3. The second-order valence-corrected chi connectivity index (χ2v) is 19.3. The van der Waals surface area contributed by atoms with E-state index in [1.807, 2.05) is 25.9 Å². The average molecular weight is 895 g/mol. The third-order valence-electron chi connectivity index (χ3n) is 13.1. The van der Waals surface area contributed by atoms with E-state index in [9.17, 15) is 19.5 Å². The minimum atomic E-state index is -0.694. The highest BCUT2D eigenvalue weighted by molar-refractivity contribution is 5.76. The molecule has 1 heterocycles. The number of nitrogens with zero attached hydrogens (tertiary/aromatic N) is 2. The highest BCUT2D eigenvalue weighted by Gasteiger charge is 2.39. The Morgan fingerprint density at radius 1 is 0.587 bits per heavy atom. The molecule has 0 radical (unpaired) electrons. The molecule has 0 spiro atoms. The number of likely N-dealkylation sites (tertiary alicyclic amines) is 1. The lowest BCUT2D eigenvalue weighted by molar-refractivity contribution is -0.151. The maximum atomic E-state index is 13.4. The van der Waals surface area contributed by atoms with Crippen molar-refractivity contribution in [3.63, 3.8) is 0 Å². The Hall–Kier alpha value is -1.75. The van der Waals surface area contributed by atoms with Crippen LogP contribution in [0, 0.1) is 0 Å². The highest BCUT2D eigenvalue weighted by Crippen LogP contribution is 2.24. The highest BCUT2D eigenvalue weighted by atomic mass is 16.6. The second kappa shape index (κ2) is 41.7. The predicted molar refractivity (Wildman–Crippen MR) is 260 cm³/mol. The van der Waals surface area contributed by atoms with Crippen molar-refractivity contribution in [2.24, 2.45) is 0 Å². The molecule has 372 valence electrons. The van der Waals surface area contributed by atoms with Crippen molar-refractivity contribution < 1.29 is 38.4 Å². The van der Waals surface area contributed by atoms with Gasteiger partial charge in [0.2, 0.25) is 0 Å². The maximum absolute atomic E-state index is 13.4. The number of unbranched alkanes of at least 4 members (excludes halogenated alkanes) is 24. The summed E-state index contributed by atoms with van der Waals surface area (Å²) in [7, 11) is 3.90. The lowest BCUT2D eigenvalue weighted by atomic mass is 10.0. The van der Waals surface area contributed by atoms with Crippen LogP contribution in [0.3, 0.4) is 0 Å². The Kier molecular flexibility index (Phi) is 39.2. The molecule has 0 saturated carbocycles. The monoisotopic (exact) mass is 895 g/mol. The van der Waals surface area contributed by atoms with Crippen LogP contribution in [-0.4, -0.2) is 104 Å². The van der Waals surface area contributed by atoms with Crippen LogP contribution in [0.15, 0.2) is 0 Å². The molecule has 0 amide bonds. The largest absolute Gasteiger partial charge is 0.466 e. The molecule has 4 atom stereocenters. The van der Waals surface area contributed by atoms with Crippen LogP contribution in [0.2, 0.25) is 0 Å². The van der Waals surface area contributed by atoms with Gasteiger partial charge in [-0.05, 0) is 78.9 Å². The zero-order valence-electron chi connectivity index (χ0n) is 42.2. The summed E-state index contributed by atoms with van der Waals surface area (Å²) in [6.45, 7) is 10.8. The molecule has 0 aromatic carbocycles. The van der Waals surface area contributed by atoms with Crippen molar-refractivity contribution in [2.45, 2.75) is 283 Å². The number of ether oxygens (including phenoxy) is 4. The first-order chi connectivity index (χ1) is 30.6. The molecular formula is C53H102N2O8. The van der Waals surface area contributed by atoms with Gasteiger partial charge in [0.1, 0.15) is 12.1 Å². The molecule has 1 N–H and O–H groups in total. The summed E-state index contributed by atoms with van der Waals surface area (Å²) in [6, 6.07) is -0.374. The number of rotatable bonds is 45. The molecule has 1 rings (SSSR count). The zero-order chi connectivity index (χ0) is 46.2. The number of hydrogen-bond donors (Lipinski definition) is 1. The van der Waals surface area contributed by atoms with Crippen LogP contribution >= 0.6 is 0 Å². The zero-order valence-corrected chi connectivity index (χ0v) is 42.2. The van der Waals surface area contributed by atoms with Gasteiger partial charge in [-0.1, -0.05) is 175 Å². The van der Waals surface area contributed by atoms with Gasteiger partial charge in [0.15, 0.2) is 6.29 Å². The van der Waals surface area contributed by atoms with E-state index in [4.69, 9.17) is 18.9 Å². The van der Waals surface area contributed by atoms with E-state index in [1.54, 1.807) is 0 Å². The summed E-state index contributed by atoms with van der Waals surface area (Å²) in [5.41, 5.74) is 0. The van der Waals surface area contributed by atoms with E-state index in [0.29, 0.717) is 52.0 Å². The van der Waals surface area contributed by atoms with Crippen molar-refractivity contribution in [3.8, 4) is 0 Å². The van der Waals surface area contributed by atoms with Gasteiger partial charge in [0, 0.05) is 25.4 Å². The molecule has 1 fully saturated rings. The molecule has 10 heteroatoms. The molecule has 10 nitrogen and oxygen atoms in total. The SMILES string of the molecule is CCCCCCCCCCCOC(=O)CCCCCN1CC(OC(=O)CC(C)N(C)C)C[C@H]1C(=O)OCCCCCCCC(O)OC(CCCCCCCC)CCCCCCCC. The smallest absolute Gasteiger partial charge is 0.323 e. The van der Waals surface area contributed by atoms with E-state index in [0.717, 1.165) is 77.0 Å². The molecule has 0 aliphatic carbocycles. The summed E-state index contributed by atoms with van der Waals surface area (Å²) in [5.74, 6) is -0.604. The summed E-state index contributed by atoms with van der Waals surface area (Å²) < 4.78 is 23.4. The van der Waals surface area contributed by atoms with Gasteiger partial charge in [-0.2, -0.15) is 0 Å². The van der Waals surface area contributed by atoms with Crippen molar-refractivity contribution >= 4 is 17.9 Å². The first-order valence-electron chi connectivity index (χ1n) is 26.9. The summed E-state index contributed by atoms with van der Waals surface area (Å²) >= 11 is 0. The maximum Gasteiger partial charge on any atom is 0.323 e. The van der Waals surface area contributed by atoms with Crippen molar-refractivity contribution in [3.05, 3.63) is 0 Å². The topological polar surface area (TPSA) is 115 Å². The molecule has 63 heavy (non-hydrogen) atoms. The van der Waals surface area contributed by atoms with Crippen LogP contribution in [0.4, 0.5) is 0 Å². The van der Waals surface area contributed by atoms with Crippen molar-refractivity contribution in [1.82, 2.24) is 9.80 Å². The molecule has 1 aliphatic heterocycles. The summed E-state index contributed by atoms with van der Waals surface area (Å²) in [6.07, 6.45) is 36.7. The van der Waals surface area contributed by atoms with Gasteiger partial charge >= 0.3 is 17.9 Å². The Balaban J connectivity index is 2.41. The van der Waals surface area contributed by atoms with Gasteiger partial charge in [-0.15, -0.1) is 0 Å². The van der Waals surface area contributed by atoms with Crippen LogP contribution in [0.1, 0.15) is 252 Å². The Labute approximate surface area is 388 Å². The van der Waals surface area contributed by atoms with E-state index in [2.05, 4.69) is 25.7 Å². The number of esters is 3. The number of carbonyl (C=O) groups is 3. The quantitative estimate of drug-likeness (QED) is 0.0274. The Bertz CT molecular complexity index is 1060. The van der Waals surface area contributed by atoms with E-state index >= 15 is 0 Å². The van der Waals surface area contributed by atoms with Gasteiger partial charge in [-0.25, -0.2) is 0 Å². The number of aliphatic hydroxyl groups is 1. The fourth-order valence-corrected chi connectivity index (χ4v) is 8.62. The van der Waals surface area contributed by atoms with E-state index in [-0.39, 0.29) is 36.2 Å². The number of carbonyl (C=O) groups excluding carboxylic acids is 3. The van der Waals surface area contributed by atoms with Gasteiger partial charge in [0.25, 0.3) is 0 Å². The first kappa shape index (κ1) is 59.3. The van der Waals surface area contributed by atoms with Crippen LogP contribution in [0.25, 0.3) is 0 Å². The standard InChI is InChI=1S/C53H102N2O8/c1-7-10-13-16-19-20-21-26-34-41-60-50(56)38-32-28-33-40-55-45-48(63-52(58)43-46(4)54(5)6)44-49(55)53(59)61-42-35-27-22-25-31-39-51(57)62-47(36-29-23-17-14-11-8-2)37-30-24-18-15-12-9-3/h46-49,51,57H,7-45H2,1-6H3/t46?,48?,49-,51?/m0/s1. The minimum absolute atomic E-state index is 0.0674. The van der Waals surface area contributed by atoms with Gasteiger partial charge in [-0.3, -0.25) is 19.3 Å². The number of hydrogen-bond acceptors (Lipinski definition) is 10. The van der Waals surface area contributed by atoms with Gasteiger partial charge < -0.3 is 29.0 Å². The van der Waals surface area contributed by atoms with E-state index in [1.165, 1.54) is 122 Å². The lowest BCUT2D eigenvalue weighted by Crippen LogP contribution is -2.38. The van der Waals surface area contributed by atoms with Gasteiger partial charge in [0.05, 0.1) is 25.7 Å². The predicted octanol–water partition coefficient (Wildman–Crippen LogP) is 13.0. The number of aliphatic hydroxyl groups excluding tert-OH is 1. The normalized spacial score (nSPS) is 16.5. The van der Waals surface area contributed by atoms with Crippen molar-refractivity contribution in [1.29, 1.82) is 0 Å².